The summed E-state index contributed by atoms with van der Waals surface area (Å²) in [5.41, 5.74) is 5.05. The van der Waals surface area contributed by atoms with E-state index >= 15 is 0 Å². The van der Waals surface area contributed by atoms with Gasteiger partial charge in [-0.05, 0) is 66.7 Å². The summed E-state index contributed by atoms with van der Waals surface area (Å²) in [5, 5.41) is 0.691. The van der Waals surface area contributed by atoms with E-state index in [-0.39, 0.29) is 5.91 Å². The Morgan fingerprint density at radius 1 is 0.818 bits per heavy atom. The average Bonchev–Trinajstić information content (AvgIpc) is 3.35. The van der Waals surface area contributed by atoms with Crippen LogP contribution >= 0.6 is 11.8 Å². The maximum absolute atomic E-state index is 13.5. The number of amides is 1. The maximum atomic E-state index is 13.5. The molecule has 5 heteroatoms. The van der Waals surface area contributed by atoms with E-state index in [1.54, 1.807) is 4.90 Å². The number of hydrogen-bond acceptors (Lipinski definition) is 3. The van der Waals surface area contributed by atoms with E-state index in [4.69, 9.17) is 4.99 Å². The van der Waals surface area contributed by atoms with Crippen molar-refractivity contribution in [2.45, 2.75) is 13.5 Å². The quantitative estimate of drug-likeness (QED) is 0.322. The van der Waals surface area contributed by atoms with Crippen LogP contribution in [0.25, 0.3) is 11.8 Å². The molecule has 4 aromatic rings. The second-order valence-electron chi connectivity index (χ2n) is 7.79. The summed E-state index contributed by atoms with van der Waals surface area (Å²) >= 11 is 1.42. The summed E-state index contributed by atoms with van der Waals surface area (Å²) in [4.78, 5) is 20.7. The van der Waals surface area contributed by atoms with Crippen LogP contribution in [0.1, 0.15) is 17.0 Å². The maximum Gasteiger partial charge on any atom is 0.267 e. The molecule has 0 bridgehead atoms. The number of hydrogen-bond donors (Lipinski definition) is 0. The standard InChI is InChI=1S/C28H23N3OS/c1-21-17-18-25(31(21)24-15-9-4-10-16-24)19-26-27(32)30(20-22-11-5-2-6-12-22)28(33-26)29-23-13-7-3-8-14-23/h2-19H,20H2,1H3/b26-19-,29-28?. The lowest BCUT2D eigenvalue weighted by molar-refractivity contribution is -0.122. The Labute approximate surface area is 197 Å². The minimum atomic E-state index is -0.0306. The molecule has 1 aliphatic heterocycles. The van der Waals surface area contributed by atoms with Crippen molar-refractivity contribution in [3.63, 3.8) is 0 Å². The Balaban J connectivity index is 1.54. The molecule has 33 heavy (non-hydrogen) atoms. The number of nitrogens with zero attached hydrogens (tertiary/aromatic N) is 3. The summed E-state index contributed by atoms with van der Waals surface area (Å²) in [6.45, 7) is 2.55. The zero-order chi connectivity index (χ0) is 22.6. The number of benzene rings is 3. The van der Waals surface area contributed by atoms with E-state index in [0.717, 1.165) is 28.3 Å². The summed E-state index contributed by atoms with van der Waals surface area (Å²) in [5.74, 6) is -0.0306. The van der Waals surface area contributed by atoms with Gasteiger partial charge in [-0.3, -0.25) is 9.69 Å². The van der Waals surface area contributed by atoms with E-state index in [0.29, 0.717) is 16.6 Å². The first-order valence-corrected chi connectivity index (χ1v) is 11.6. The zero-order valence-corrected chi connectivity index (χ0v) is 19.1. The van der Waals surface area contributed by atoms with Crippen LogP contribution in [0, 0.1) is 6.92 Å². The summed E-state index contributed by atoms with van der Waals surface area (Å²) in [7, 11) is 0. The van der Waals surface area contributed by atoms with Crippen LogP contribution in [-0.4, -0.2) is 20.5 Å². The third-order valence-corrected chi connectivity index (χ3v) is 6.46. The summed E-state index contributed by atoms with van der Waals surface area (Å²) in [6.07, 6.45) is 1.97. The number of aliphatic imine (C=N–C) groups is 1. The Bertz CT molecular complexity index is 1330. The van der Waals surface area contributed by atoms with Crippen LogP contribution < -0.4 is 0 Å². The van der Waals surface area contributed by atoms with Gasteiger partial charge in [0.15, 0.2) is 5.17 Å². The Kier molecular flexibility index (Phi) is 5.96. The first-order valence-electron chi connectivity index (χ1n) is 10.8. The Morgan fingerprint density at radius 2 is 1.45 bits per heavy atom. The molecular formula is C28H23N3OS. The molecule has 4 nitrogen and oxygen atoms in total. The van der Waals surface area contributed by atoms with Crippen molar-refractivity contribution in [2.75, 3.05) is 0 Å². The molecule has 0 N–H and O–H groups in total. The fraction of sp³-hybridized carbons (Fsp3) is 0.0714. The van der Waals surface area contributed by atoms with Crippen LogP contribution in [0.15, 0.2) is 113 Å². The van der Waals surface area contributed by atoms with Crippen molar-refractivity contribution >= 4 is 34.6 Å². The number of thioether (sulfide) groups is 1. The van der Waals surface area contributed by atoms with E-state index < -0.39 is 0 Å². The minimum Gasteiger partial charge on any atom is -0.314 e. The monoisotopic (exact) mass is 449 g/mol. The molecule has 5 rings (SSSR count). The molecule has 1 amide bonds. The van der Waals surface area contributed by atoms with Crippen LogP contribution in [-0.2, 0) is 11.3 Å². The number of aromatic nitrogens is 1. The molecule has 0 atom stereocenters. The van der Waals surface area contributed by atoms with Crippen molar-refractivity contribution in [1.29, 1.82) is 0 Å². The van der Waals surface area contributed by atoms with Crippen LogP contribution in [0.2, 0.25) is 0 Å². The molecule has 3 aromatic carbocycles. The van der Waals surface area contributed by atoms with Gasteiger partial charge in [0.05, 0.1) is 17.1 Å². The van der Waals surface area contributed by atoms with Crippen molar-refractivity contribution in [2.24, 2.45) is 4.99 Å². The molecule has 1 fully saturated rings. The topological polar surface area (TPSA) is 37.6 Å². The number of rotatable bonds is 5. The number of carbonyl (C=O) groups excluding carboxylic acids is 1. The number of carbonyl (C=O) groups is 1. The van der Waals surface area contributed by atoms with Gasteiger partial charge in [0.25, 0.3) is 5.91 Å². The van der Waals surface area contributed by atoms with E-state index in [9.17, 15) is 4.79 Å². The molecule has 0 spiro atoms. The highest BCUT2D eigenvalue weighted by Gasteiger charge is 2.33. The van der Waals surface area contributed by atoms with Crippen LogP contribution in [0.5, 0.6) is 0 Å². The molecular weight excluding hydrogens is 426 g/mol. The van der Waals surface area contributed by atoms with Gasteiger partial charge in [0, 0.05) is 17.1 Å². The van der Waals surface area contributed by atoms with Crippen molar-refractivity contribution in [3.05, 3.63) is 125 Å². The molecule has 162 valence electrons. The van der Waals surface area contributed by atoms with Crippen molar-refractivity contribution in [1.82, 2.24) is 9.47 Å². The van der Waals surface area contributed by atoms with Gasteiger partial charge in [-0.1, -0.05) is 66.7 Å². The van der Waals surface area contributed by atoms with E-state index in [2.05, 4.69) is 35.8 Å². The minimum absolute atomic E-state index is 0.0306. The third kappa shape index (κ3) is 4.54. The molecule has 1 aliphatic rings. The molecule has 2 heterocycles. The fourth-order valence-corrected chi connectivity index (χ4v) is 4.83. The zero-order valence-electron chi connectivity index (χ0n) is 18.3. The Morgan fingerprint density at radius 3 is 2.15 bits per heavy atom. The average molecular weight is 450 g/mol. The van der Waals surface area contributed by atoms with E-state index in [1.807, 2.05) is 84.9 Å². The number of aryl methyl sites for hydroxylation is 1. The van der Waals surface area contributed by atoms with Crippen LogP contribution in [0.4, 0.5) is 5.69 Å². The fourth-order valence-electron chi connectivity index (χ4n) is 3.85. The molecule has 0 radical (unpaired) electrons. The number of para-hydroxylation sites is 2. The van der Waals surface area contributed by atoms with Crippen molar-refractivity contribution in [3.8, 4) is 5.69 Å². The molecule has 0 saturated carbocycles. The molecule has 0 unspecified atom stereocenters. The predicted molar refractivity (Wildman–Crippen MR) is 137 cm³/mol. The first kappa shape index (κ1) is 21.0. The molecule has 0 aliphatic carbocycles. The van der Waals surface area contributed by atoms with E-state index in [1.165, 1.54) is 11.8 Å². The van der Waals surface area contributed by atoms with Gasteiger partial charge < -0.3 is 4.57 Å². The van der Waals surface area contributed by atoms with Gasteiger partial charge in [-0.2, -0.15) is 0 Å². The van der Waals surface area contributed by atoms with Gasteiger partial charge >= 0.3 is 0 Å². The summed E-state index contributed by atoms with van der Waals surface area (Å²) in [6, 6.07) is 34.1. The normalized spacial score (nSPS) is 16.2. The van der Waals surface area contributed by atoms with Gasteiger partial charge in [0.1, 0.15) is 0 Å². The first-order chi connectivity index (χ1) is 16.2. The largest absolute Gasteiger partial charge is 0.314 e. The lowest BCUT2D eigenvalue weighted by atomic mass is 10.2. The lowest BCUT2D eigenvalue weighted by Gasteiger charge is -2.15. The predicted octanol–water partition coefficient (Wildman–Crippen LogP) is 6.59. The van der Waals surface area contributed by atoms with Gasteiger partial charge in [-0.25, -0.2) is 4.99 Å². The second kappa shape index (κ2) is 9.35. The van der Waals surface area contributed by atoms with Gasteiger partial charge in [-0.15, -0.1) is 0 Å². The lowest BCUT2D eigenvalue weighted by Crippen LogP contribution is -2.28. The molecule has 1 aromatic heterocycles. The number of amidine groups is 1. The van der Waals surface area contributed by atoms with Crippen molar-refractivity contribution < 1.29 is 4.79 Å². The van der Waals surface area contributed by atoms with Gasteiger partial charge in [0.2, 0.25) is 0 Å². The van der Waals surface area contributed by atoms with Crippen LogP contribution in [0.3, 0.4) is 0 Å². The highest BCUT2D eigenvalue weighted by atomic mass is 32.2. The summed E-state index contributed by atoms with van der Waals surface area (Å²) < 4.78 is 2.16. The highest BCUT2D eigenvalue weighted by molar-refractivity contribution is 8.18. The SMILES string of the molecule is Cc1ccc(/C=C2\SC(=Nc3ccccc3)N(Cc3ccccc3)C2=O)n1-c1ccccc1. The Hall–Kier alpha value is -3.83. The highest BCUT2D eigenvalue weighted by Crippen LogP contribution is 2.35. The second-order valence-corrected chi connectivity index (χ2v) is 8.80. The third-order valence-electron chi connectivity index (χ3n) is 5.45. The smallest absolute Gasteiger partial charge is 0.267 e. The molecule has 1 saturated heterocycles.